The molecule has 0 unspecified atom stereocenters. The first kappa shape index (κ1) is 13.9. The van der Waals surface area contributed by atoms with Crippen molar-refractivity contribution in [3.63, 3.8) is 0 Å². The van der Waals surface area contributed by atoms with Crippen LogP contribution in [0.15, 0.2) is 30.6 Å². The maximum Gasteiger partial charge on any atom is 0.340 e. The molecule has 0 aliphatic heterocycles. The minimum absolute atomic E-state index is 0.325. The van der Waals surface area contributed by atoms with Gasteiger partial charge in [0.15, 0.2) is 0 Å². The number of ether oxygens (including phenoxy) is 1. The second kappa shape index (κ2) is 6.55. The zero-order chi connectivity index (χ0) is 14.4. The summed E-state index contributed by atoms with van der Waals surface area (Å²) in [5.41, 5.74) is 7.36. The van der Waals surface area contributed by atoms with Gasteiger partial charge in [0.05, 0.1) is 24.9 Å². The Kier molecular flexibility index (Phi) is 4.54. The number of rotatable bonds is 6. The minimum Gasteiger partial charge on any atom is -0.462 e. The van der Waals surface area contributed by atoms with Gasteiger partial charge in [-0.2, -0.15) is 0 Å². The number of nitrogens with zero attached hydrogens (tertiary/aromatic N) is 3. The van der Waals surface area contributed by atoms with Crippen molar-refractivity contribution in [2.75, 3.05) is 24.2 Å². The maximum absolute atomic E-state index is 11.9. The number of esters is 1. The van der Waals surface area contributed by atoms with Crippen molar-refractivity contribution in [1.29, 1.82) is 0 Å². The second-order valence-corrected chi connectivity index (χ2v) is 4.12. The fourth-order valence-electron chi connectivity index (χ4n) is 1.75. The van der Waals surface area contributed by atoms with Crippen LogP contribution in [0.3, 0.4) is 0 Å². The van der Waals surface area contributed by atoms with Gasteiger partial charge in [-0.25, -0.2) is 4.79 Å². The zero-order valence-electron chi connectivity index (χ0n) is 11.2. The number of nitrogens with two attached hydrogens (primary N) is 1. The van der Waals surface area contributed by atoms with E-state index in [1.807, 2.05) is 0 Å². The Labute approximate surface area is 116 Å². The molecule has 20 heavy (non-hydrogen) atoms. The van der Waals surface area contributed by atoms with Gasteiger partial charge in [0.1, 0.15) is 0 Å². The highest BCUT2D eigenvalue weighted by Crippen LogP contribution is 2.19. The molecule has 0 atom stereocenters. The standard InChI is InChI=1S/C13H17N5O2/c1-2-20-13(19)11-9-10(14)3-4-12(11)15-5-7-18-8-6-16-17-18/h3-4,6,8-9,15H,2,5,7,14H2,1H3. The fraction of sp³-hybridized carbons (Fsp3) is 0.308. The number of anilines is 2. The van der Waals surface area contributed by atoms with Crippen LogP contribution in [0.1, 0.15) is 17.3 Å². The molecule has 1 aromatic carbocycles. The molecule has 106 valence electrons. The summed E-state index contributed by atoms with van der Waals surface area (Å²) < 4.78 is 6.72. The molecule has 0 aliphatic rings. The Hall–Kier alpha value is -2.57. The van der Waals surface area contributed by atoms with Gasteiger partial charge in [-0.1, -0.05) is 5.21 Å². The quantitative estimate of drug-likeness (QED) is 0.606. The van der Waals surface area contributed by atoms with Crippen molar-refractivity contribution in [3.05, 3.63) is 36.2 Å². The van der Waals surface area contributed by atoms with Crippen LogP contribution in [0, 0.1) is 0 Å². The van der Waals surface area contributed by atoms with Crippen molar-refractivity contribution in [3.8, 4) is 0 Å². The highest BCUT2D eigenvalue weighted by molar-refractivity contribution is 5.96. The molecule has 3 N–H and O–H groups in total. The fourth-order valence-corrected chi connectivity index (χ4v) is 1.75. The number of hydrogen-bond donors (Lipinski definition) is 2. The van der Waals surface area contributed by atoms with Crippen LogP contribution in [-0.2, 0) is 11.3 Å². The minimum atomic E-state index is -0.386. The van der Waals surface area contributed by atoms with E-state index < -0.39 is 0 Å². The third kappa shape index (κ3) is 3.47. The summed E-state index contributed by atoms with van der Waals surface area (Å²) in [6.07, 6.45) is 3.39. The molecule has 1 heterocycles. The maximum atomic E-state index is 11.9. The van der Waals surface area contributed by atoms with Crippen molar-refractivity contribution < 1.29 is 9.53 Å². The highest BCUT2D eigenvalue weighted by atomic mass is 16.5. The SMILES string of the molecule is CCOC(=O)c1cc(N)ccc1NCCn1ccnn1. The van der Waals surface area contributed by atoms with Gasteiger partial charge in [0, 0.05) is 24.1 Å². The molecule has 7 nitrogen and oxygen atoms in total. The lowest BCUT2D eigenvalue weighted by Gasteiger charge is -2.12. The smallest absolute Gasteiger partial charge is 0.340 e. The molecular formula is C13H17N5O2. The Morgan fingerprint density at radius 3 is 3.05 bits per heavy atom. The number of carbonyl (C=O) groups excluding carboxylic acids is 1. The van der Waals surface area contributed by atoms with E-state index in [4.69, 9.17) is 10.5 Å². The van der Waals surface area contributed by atoms with Gasteiger partial charge in [0.25, 0.3) is 0 Å². The van der Waals surface area contributed by atoms with Crippen LogP contribution in [0.25, 0.3) is 0 Å². The summed E-state index contributed by atoms with van der Waals surface area (Å²) in [6, 6.07) is 5.11. The van der Waals surface area contributed by atoms with E-state index in [1.165, 1.54) is 0 Å². The van der Waals surface area contributed by atoms with Gasteiger partial charge in [-0.15, -0.1) is 5.10 Å². The topological polar surface area (TPSA) is 95.1 Å². The lowest BCUT2D eigenvalue weighted by Crippen LogP contribution is -2.15. The predicted molar refractivity (Wildman–Crippen MR) is 75.3 cm³/mol. The van der Waals surface area contributed by atoms with Crippen molar-refractivity contribution in [1.82, 2.24) is 15.0 Å². The van der Waals surface area contributed by atoms with E-state index in [0.29, 0.717) is 36.6 Å². The third-order valence-electron chi connectivity index (χ3n) is 2.67. The number of nitrogen functional groups attached to an aromatic ring is 1. The van der Waals surface area contributed by atoms with E-state index in [-0.39, 0.29) is 5.97 Å². The molecule has 0 radical (unpaired) electrons. The predicted octanol–water partition coefficient (Wildman–Crippen LogP) is 1.15. The number of hydrogen-bond acceptors (Lipinski definition) is 6. The van der Waals surface area contributed by atoms with Crippen LogP contribution >= 0.6 is 0 Å². The van der Waals surface area contributed by atoms with Gasteiger partial charge < -0.3 is 15.8 Å². The first-order chi connectivity index (χ1) is 9.70. The van der Waals surface area contributed by atoms with Crippen molar-refractivity contribution in [2.24, 2.45) is 0 Å². The first-order valence-electron chi connectivity index (χ1n) is 6.35. The first-order valence-corrected chi connectivity index (χ1v) is 6.35. The average molecular weight is 275 g/mol. The Morgan fingerprint density at radius 2 is 2.35 bits per heavy atom. The Morgan fingerprint density at radius 1 is 1.50 bits per heavy atom. The summed E-state index contributed by atoms with van der Waals surface area (Å²) in [6.45, 7) is 3.35. The van der Waals surface area contributed by atoms with Crippen molar-refractivity contribution in [2.45, 2.75) is 13.5 Å². The molecule has 0 fully saturated rings. The molecule has 0 spiro atoms. The van der Waals surface area contributed by atoms with Gasteiger partial charge in [-0.3, -0.25) is 4.68 Å². The van der Waals surface area contributed by atoms with Crippen LogP contribution in [0.4, 0.5) is 11.4 Å². The van der Waals surface area contributed by atoms with Crippen LogP contribution in [0.5, 0.6) is 0 Å². The molecule has 0 aliphatic carbocycles. The van der Waals surface area contributed by atoms with Crippen LogP contribution in [0.2, 0.25) is 0 Å². The molecule has 0 bridgehead atoms. The monoisotopic (exact) mass is 275 g/mol. The molecule has 0 amide bonds. The highest BCUT2D eigenvalue weighted by Gasteiger charge is 2.12. The van der Waals surface area contributed by atoms with E-state index in [1.54, 1.807) is 42.2 Å². The van der Waals surface area contributed by atoms with E-state index in [0.717, 1.165) is 0 Å². The van der Waals surface area contributed by atoms with E-state index in [2.05, 4.69) is 15.6 Å². The summed E-state index contributed by atoms with van der Waals surface area (Å²) in [5, 5.41) is 10.8. The average Bonchev–Trinajstić information content (AvgIpc) is 2.94. The molecule has 2 rings (SSSR count). The Balaban J connectivity index is 2.04. The zero-order valence-corrected chi connectivity index (χ0v) is 11.2. The Bertz CT molecular complexity index is 568. The molecule has 0 saturated carbocycles. The van der Waals surface area contributed by atoms with E-state index >= 15 is 0 Å². The second-order valence-electron chi connectivity index (χ2n) is 4.12. The number of benzene rings is 1. The van der Waals surface area contributed by atoms with Crippen LogP contribution in [-0.4, -0.2) is 34.1 Å². The molecular weight excluding hydrogens is 258 g/mol. The molecule has 2 aromatic rings. The number of nitrogens with one attached hydrogen (secondary N) is 1. The summed E-state index contributed by atoms with van der Waals surface area (Å²) >= 11 is 0. The van der Waals surface area contributed by atoms with Gasteiger partial charge in [-0.05, 0) is 25.1 Å². The summed E-state index contributed by atoms with van der Waals surface area (Å²) in [7, 11) is 0. The van der Waals surface area contributed by atoms with Gasteiger partial charge in [0.2, 0.25) is 0 Å². The number of carbonyl (C=O) groups is 1. The molecule has 1 aromatic heterocycles. The molecule has 0 saturated heterocycles. The lowest BCUT2D eigenvalue weighted by atomic mass is 10.1. The van der Waals surface area contributed by atoms with Crippen LogP contribution < -0.4 is 11.1 Å². The third-order valence-corrected chi connectivity index (χ3v) is 2.67. The summed E-state index contributed by atoms with van der Waals surface area (Å²) in [5.74, 6) is -0.386. The summed E-state index contributed by atoms with van der Waals surface area (Å²) in [4.78, 5) is 11.9. The largest absolute Gasteiger partial charge is 0.462 e. The molecule has 7 heteroatoms. The van der Waals surface area contributed by atoms with Gasteiger partial charge >= 0.3 is 5.97 Å². The lowest BCUT2D eigenvalue weighted by molar-refractivity contribution is 0.0527. The van der Waals surface area contributed by atoms with Crippen molar-refractivity contribution >= 4 is 17.3 Å². The van der Waals surface area contributed by atoms with E-state index in [9.17, 15) is 4.79 Å². The number of aromatic nitrogens is 3. The normalized spacial score (nSPS) is 10.2.